The second kappa shape index (κ2) is 10.8. The molecule has 0 heterocycles. The molecule has 9 heteroatoms. The number of benzene rings is 1. The van der Waals surface area contributed by atoms with Gasteiger partial charge in [-0.3, -0.25) is 0 Å². The molecule has 1 aromatic rings. The molecule has 0 radical (unpaired) electrons. The van der Waals surface area contributed by atoms with Gasteiger partial charge in [-0.05, 0) is 95.1 Å². The first-order chi connectivity index (χ1) is 15.1. The molecule has 2 saturated carbocycles. The third-order valence-electron chi connectivity index (χ3n) is 6.57. The van der Waals surface area contributed by atoms with Gasteiger partial charge in [-0.1, -0.05) is 0 Å². The smallest absolute Gasteiger partial charge is 0.378 e. The maximum Gasteiger partial charge on any atom is 0.416 e. The standard InChI is InChI=1S/C23H35F3N2O3S/c1-27(17-18-5-6-18)15-3-4-16-31-21-11-9-20(10-12-21)28(2)32(29,30)22-13-7-19(8-14-22)23(24,25)26/h7-8,13-14,18,20-21H,3-6,9-12,15-17H2,1-2H3. The molecule has 2 aliphatic carbocycles. The highest BCUT2D eigenvalue weighted by Gasteiger charge is 2.34. The van der Waals surface area contributed by atoms with E-state index in [0.717, 1.165) is 69.0 Å². The molecule has 5 nitrogen and oxygen atoms in total. The van der Waals surface area contributed by atoms with Gasteiger partial charge in [0.1, 0.15) is 0 Å². The Morgan fingerprint density at radius 1 is 0.969 bits per heavy atom. The van der Waals surface area contributed by atoms with Crippen LogP contribution in [0.15, 0.2) is 29.2 Å². The Kier molecular flexibility index (Phi) is 8.63. The summed E-state index contributed by atoms with van der Waals surface area (Å²) < 4.78 is 71.2. The number of ether oxygens (including phenoxy) is 1. The van der Waals surface area contributed by atoms with E-state index in [4.69, 9.17) is 4.74 Å². The highest BCUT2D eigenvalue weighted by molar-refractivity contribution is 7.89. The topological polar surface area (TPSA) is 49.9 Å². The lowest BCUT2D eigenvalue weighted by molar-refractivity contribution is -0.137. The summed E-state index contributed by atoms with van der Waals surface area (Å²) in [7, 11) is -0.147. The molecule has 0 spiro atoms. The van der Waals surface area contributed by atoms with Crippen LogP contribution in [0.4, 0.5) is 13.2 Å². The van der Waals surface area contributed by atoms with Gasteiger partial charge in [0.05, 0.1) is 16.6 Å². The normalized spacial score (nSPS) is 22.6. The first kappa shape index (κ1) is 25.5. The van der Waals surface area contributed by atoms with Crippen LogP contribution in [-0.4, -0.2) is 63.6 Å². The van der Waals surface area contributed by atoms with E-state index >= 15 is 0 Å². The summed E-state index contributed by atoms with van der Waals surface area (Å²) in [5, 5.41) is 0. The van der Waals surface area contributed by atoms with Gasteiger partial charge in [0.25, 0.3) is 0 Å². The third kappa shape index (κ3) is 7.17. The highest BCUT2D eigenvalue weighted by Crippen LogP contribution is 2.32. The van der Waals surface area contributed by atoms with E-state index in [2.05, 4.69) is 11.9 Å². The fourth-order valence-corrected chi connectivity index (χ4v) is 5.74. The van der Waals surface area contributed by atoms with Crippen molar-refractivity contribution in [2.75, 3.05) is 33.8 Å². The number of hydrogen-bond donors (Lipinski definition) is 0. The predicted molar refractivity (Wildman–Crippen MR) is 118 cm³/mol. The van der Waals surface area contributed by atoms with E-state index in [1.807, 2.05) is 0 Å². The van der Waals surface area contributed by atoms with Crippen LogP contribution in [0.1, 0.15) is 56.9 Å². The fourth-order valence-electron chi connectivity index (χ4n) is 4.32. The third-order valence-corrected chi connectivity index (χ3v) is 8.50. The van der Waals surface area contributed by atoms with Crippen LogP contribution in [0.5, 0.6) is 0 Å². The maximum absolute atomic E-state index is 12.9. The number of hydrogen-bond acceptors (Lipinski definition) is 4. The molecule has 182 valence electrons. The summed E-state index contributed by atoms with van der Waals surface area (Å²) in [4.78, 5) is 2.29. The van der Waals surface area contributed by atoms with Crippen LogP contribution in [0.2, 0.25) is 0 Å². The lowest BCUT2D eigenvalue weighted by atomic mass is 9.93. The summed E-state index contributed by atoms with van der Waals surface area (Å²) in [5.41, 5.74) is -0.855. The van der Waals surface area contributed by atoms with Crippen molar-refractivity contribution in [1.82, 2.24) is 9.21 Å². The second-order valence-corrected chi connectivity index (χ2v) is 11.3. The van der Waals surface area contributed by atoms with E-state index in [1.165, 1.54) is 30.7 Å². The highest BCUT2D eigenvalue weighted by atomic mass is 32.2. The molecule has 0 bridgehead atoms. The molecule has 0 amide bonds. The van der Waals surface area contributed by atoms with Crippen molar-refractivity contribution in [3.8, 4) is 0 Å². The molecule has 0 aromatic heterocycles. The molecule has 1 aromatic carbocycles. The van der Waals surface area contributed by atoms with Crippen molar-refractivity contribution in [1.29, 1.82) is 0 Å². The van der Waals surface area contributed by atoms with Gasteiger partial charge in [0.15, 0.2) is 0 Å². The van der Waals surface area contributed by atoms with Crippen molar-refractivity contribution in [3.63, 3.8) is 0 Å². The van der Waals surface area contributed by atoms with Gasteiger partial charge in [-0.2, -0.15) is 17.5 Å². The van der Waals surface area contributed by atoms with Gasteiger partial charge in [-0.25, -0.2) is 8.42 Å². The minimum absolute atomic E-state index is 0.113. The number of unbranched alkanes of at least 4 members (excludes halogenated alkanes) is 1. The summed E-state index contributed by atoms with van der Waals surface area (Å²) in [6.45, 7) is 3.03. The van der Waals surface area contributed by atoms with Crippen LogP contribution in [0, 0.1) is 5.92 Å². The van der Waals surface area contributed by atoms with E-state index in [0.29, 0.717) is 12.8 Å². The molecule has 0 saturated heterocycles. The number of halogens is 3. The van der Waals surface area contributed by atoms with E-state index in [1.54, 1.807) is 0 Å². The Hall–Kier alpha value is -1.16. The molecule has 32 heavy (non-hydrogen) atoms. The molecule has 2 aliphatic rings. The number of nitrogens with zero attached hydrogens (tertiary/aromatic N) is 2. The summed E-state index contributed by atoms with van der Waals surface area (Å²) in [6, 6.07) is 3.53. The number of rotatable bonds is 11. The van der Waals surface area contributed by atoms with Crippen LogP contribution in [-0.2, 0) is 20.9 Å². The minimum Gasteiger partial charge on any atom is -0.378 e. The van der Waals surface area contributed by atoms with Crippen molar-refractivity contribution >= 4 is 10.0 Å². The zero-order chi connectivity index (χ0) is 23.4. The maximum atomic E-state index is 12.9. The molecule has 2 fully saturated rings. The first-order valence-electron chi connectivity index (χ1n) is 11.5. The van der Waals surface area contributed by atoms with Gasteiger partial charge >= 0.3 is 6.18 Å². The Balaban J connectivity index is 1.39. The molecule has 3 rings (SSSR count). The van der Waals surface area contributed by atoms with E-state index < -0.39 is 21.8 Å². The fraction of sp³-hybridized carbons (Fsp3) is 0.739. The van der Waals surface area contributed by atoms with Crippen molar-refractivity contribution in [2.45, 2.75) is 74.6 Å². The number of sulfonamides is 1. The Morgan fingerprint density at radius 2 is 1.59 bits per heavy atom. The van der Waals surface area contributed by atoms with Gasteiger partial charge in [0.2, 0.25) is 10.0 Å². The van der Waals surface area contributed by atoms with E-state index in [-0.39, 0.29) is 17.0 Å². The summed E-state index contributed by atoms with van der Waals surface area (Å²) in [5.74, 6) is 0.910. The van der Waals surface area contributed by atoms with Gasteiger partial charge in [0, 0.05) is 26.2 Å². The zero-order valence-corrected chi connectivity index (χ0v) is 19.8. The lowest BCUT2D eigenvalue weighted by Crippen LogP contribution is -2.40. The van der Waals surface area contributed by atoms with Crippen LogP contribution in [0.3, 0.4) is 0 Å². The van der Waals surface area contributed by atoms with Crippen LogP contribution in [0.25, 0.3) is 0 Å². The molecule has 0 atom stereocenters. The first-order valence-corrected chi connectivity index (χ1v) is 13.0. The van der Waals surface area contributed by atoms with Crippen LogP contribution >= 0.6 is 0 Å². The predicted octanol–water partition coefficient (Wildman–Crippen LogP) is 4.78. The molecule has 0 aliphatic heterocycles. The quantitative estimate of drug-likeness (QED) is 0.432. The summed E-state index contributed by atoms with van der Waals surface area (Å²) >= 11 is 0. The lowest BCUT2D eigenvalue weighted by Gasteiger charge is -2.34. The van der Waals surface area contributed by atoms with Crippen molar-refractivity contribution in [3.05, 3.63) is 29.8 Å². The van der Waals surface area contributed by atoms with E-state index in [9.17, 15) is 21.6 Å². The minimum atomic E-state index is -4.49. The summed E-state index contributed by atoms with van der Waals surface area (Å²) in [6.07, 6.45) is 3.50. The second-order valence-electron chi connectivity index (χ2n) is 9.26. The molecule has 0 N–H and O–H groups in total. The monoisotopic (exact) mass is 476 g/mol. The Morgan fingerprint density at radius 3 is 2.16 bits per heavy atom. The van der Waals surface area contributed by atoms with Gasteiger partial charge in [-0.15, -0.1) is 0 Å². The van der Waals surface area contributed by atoms with Crippen molar-refractivity contribution in [2.24, 2.45) is 5.92 Å². The Labute approximate surface area is 190 Å². The van der Waals surface area contributed by atoms with Crippen LogP contribution < -0.4 is 0 Å². The average Bonchev–Trinajstić information content (AvgIpc) is 3.57. The van der Waals surface area contributed by atoms with Crippen molar-refractivity contribution < 1.29 is 26.3 Å². The zero-order valence-electron chi connectivity index (χ0n) is 19.0. The average molecular weight is 477 g/mol. The molecular formula is C23H35F3N2O3S. The number of alkyl halides is 3. The SMILES string of the molecule is CN(CCCCOC1CCC(N(C)S(=O)(=O)c2ccc(C(F)(F)F)cc2)CC1)CC1CC1. The molecule has 0 unspecified atom stereocenters. The Bertz CT molecular complexity index is 818. The van der Waals surface area contributed by atoms with Gasteiger partial charge < -0.3 is 9.64 Å². The molecular weight excluding hydrogens is 441 g/mol. The largest absolute Gasteiger partial charge is 0.416 e.